The molecule has 8 nitrogen and oxygen atoms in total. The molecule has 0 radical (unpaired) electrons. The van der Waals surface area contributed by atoms with Gasteiger partial charge in [0.15, 0.2) is 4.80 Å². The molecule has 3 aromatic carbocycles. The first-order chi connectivity index (χ1) is 19.9. The number of para-hydroxylation sites is 1. The van der Waals surface area contributed by atoms with Gasteiger partial charge in [0.25, 0.3) is 5.56 Å². The lowest BCUT2D eigenvalue weighted by Gasteiger charge is -2.26. The summed E-state index contributed by atoms with van der Waals surface area (Å²) >= 11 is 1.25. The quantitative estimate of drug-likeness (QED) is 0.277. The lowest BCUT2D eigenvalue weighted by molar-refractivity contribution is -0.139. The van der Waals surface area contributed by atoms with Gasteiger partial charge in [0, 0.05) is 11.1 Å². The molecule has 0 saturated carbocycles. The first-order valence-electron chi connectivity index (χ1n) is 13.1. The van der Waals surface area contributed by atoms with Crippen LogP contribution in [0.15, 0.2) is 93.9 Å². The van der Waals surface area contributed by atoms with E-state index in [-0.39, 0.29) is 17.7 Å². The lowest BCUT2D eigenvalue weighted by Crippen LogP contribution is -2.40. The summed E-state index contributed by atoms with van der Waals surface area (Å²) in [6.07, 6.45) is 1.80. The van der Waals surface area contributed by atoms with Gasteiger partial charge in [-0.05, 0) is 49.8 Å². The zero-order valence-electron chi connectivity index (χ0n) is 23.2. The number of carbonyl (C=O) groups is 1. The van der Waals surface area contributed by atoms with Crippen LogP contribution in [0.4, 0.5) is 0 Å². The van der Waals surface area contributed by atoms with Crippen molar-refractivity contribution < 1.29 is 23.7 Å². The number of ether oxygens (including phenoxy) is 4. The number of esters is 1. The molecule has 41 heavy (non-hydrogen) atoms. The van der Waals surface area contributed by atoms with Crippen LogP contribution < -0.4 is 29.1 Å². The van der Waals surface area contributed by atoms with Crippen molar-refractivity contribution in [3.63, 3.8) is 0 Å². The summed E-state index contributed by atoms with van der Waals surface area (Å²) in [4.78, 5) is 32.4. The summed E-state index contributed by atoms with van der Waals surface area (Å²) in [6.45, 7) is 4.06. The van der Waals surface area contributed by atoms with E-state index < -0.39 is 12.0 Å². The van der Waals surface area contributed by atoms with Gasteiger partial charge < -0.3 is 18.9 Å². The van der Waals surface area contributed by atoms with Crippen LogP contribution in [0.3, 0.4) is 0 Å². The van der Waals surface area contributed by atoms with E-state index in [1.165, 1.54) is 15.9 Å². The van der Waals surface area contributed by atoms with Crippen LogP contribution in [-0.2, 0) is 16.1 Å². The second-order valence-electron chi connectivity index (χ2n) is 9.22. The first kappa shape index (κ1) is 27.9. The summed E-state index contributed by atoms with van der Waals surface area (Å²) < 4.78 is 24.6. The highest BCUT2D eigenvalue weighted by molar-refractivity contribution is 7.07. The highest BCUT2D eigenvalue weighted by atomic mass is 32.1. The number of rotatable bonds is 9. The standard InChI is InChI=1S/C32H30N2O6S/c1-5-39-31(36)28-20(2)33-32-34(29(28)24-18-23(37-3)15-16-26(24)38-4)30(35)27(41-32)17-22-13-9-10-14-25(22)40-19-21-11-7-6-8-12-21/h6-18,29H,5,19H2,1-4H3/b27-17-/t29-/m1/s1. The Morgan fingerprint density at radius 1 is 1.00 bits per heavy atom. The van der Waals surface area contributed by atoms with Gasteiger partial charge in [-0.2, -0.15) is 0 Å². The van der Waals surface area contributed by atoms with Crippen molar-refractivity contribution in [1.29, 1.82) is 0 Å². The average molecular weight is 571 g/mol. The van der Waals surface area contributed by atoms with Crippen LogP contribution in [0.25, 0.3) is 6.08 Å². The first-order valence-corrected chi connectivity index (χ1v) is 13.9. The summed E-state index contributed by atoms with van der Waals surface area (Å²) in [5.41, 5.74) is 2.82. The normalized spacial score (nSPS) is 14.7. The molecule has 0 unspecified atom stereocenters. The summed E-state index contributed by atoms with van der Waals surface area (Å²) in [7, 11) is 3.10. The Bertz CT molecular complexity index is 1790. The molecule has 0 saturated heterocycles. The number of hydrogen-bond acceptors (Lipinski definition) is 8. The van der Waals surface area contributed by atoms with E-state index in [0.29, 0.717) is 44.4 Å². The Morgan fingerprint density at radius 3 is 2.49 bits per heavy atom. The average Bonchev–Trinajstić information content (AvgIpc) is 3.30. The van der Waals surface area contributed by atoms with Crippen molar-refractivity contribution in [2.24, 2.45) is 4.99 Å². The lowest BCUT2D eigenvalue weighted by atomic mass is 9.94. The molecule has 4 aromatic rings. The van der Waals surface area contributed by atoms with Crippen LogP contribution in [0.1, 0.15) is 36.6 Å². The molecule has 2 heterocycles. The van der Waals surface area contributed by atoms with Crippen molar-refractivity contribution >= 4 is 23.4 Å². The summed E-state index contributed by atoms with van der Waals surface area (Å²) in [5, 5.41) is 0. The van der Waals surface area contributed by atoms with Crippen molar-refractivity contribution in [3.05, 3.63) is 120 Å². The molecule has 1 atom stereocenters. The monoisotopic (exact) mass is 570 g/mol. The molecule has 1 aliphatic heterocycles. The van der Waals surface area contributed by atoms with Gasteiger partial charge in [0.05, 0.1) is 36.6 Å². The Balaban J connectivity index is 1.66. The zero-order chi connectivity index (χ0) is 28.9. The van der Waals surface area contributed by atoms with Crippen molar-refractivity contribution in [3.8, 4) is 17.2 Å². The molecule has 1 aromatic heterocycles. The number of benzene rings is 3. The third kappa shape index (κ3) is 5.67. The number of thiazole rings is 1. The van der Waals surface area contributed by atoms with Crippen LogP contribution in [0.5, 0.6) is 17.2 Å². The topological polar surface area (TPSA) is 88.4 Å². The Hall–Kier alpha value is -4.63. The molecular formula is C32H30N2O6S. The number of aromatic nitrogens is 1. The van der Waals surface area contributed by atoms with Gasteiger partial charge in [0.2, 0.25) is 0 Å². The fraction of sp³-hybridized carbons (Fsp3) is 0.219. The largest absolute Gasteiger partial charge is 0.497 e. The van der Waals surface area contributed by atoms with Crippen molar-refractivity contribution in [2.45, 2.75) is 26.5 Å². The Labute approximate surface area is 241 Å². The smallest absolute Gasteiger partial charge is 0.338 e. The van der Waals surface area contributed by atoms with Gasteiger partial charge >= 0.3 is 5.97 Å². The second kappa shape index (κ2) is 12.3. The van der Waals surface area contributed by atoms with Gasteiger partial charge in [0.1, 0.15) is 29.9 Å². The molecule has 0 fully saturated rings. The fourth-order valence-electron chi connectivity index (χ4n) is 4.75. The van der Waals surface area contributed by atoms with Crippen LogP contribution in [0.2, 0.25) is 0 Å². The molecule has 5 rings (SSSR count). The van der Waals surface area contributed by atoms with Crippen LogP contribution in [-0.4, -0.2) is 31.4 Å². The maximum Gasteiger partial charge on any atom is 0.338 e. The van der Waals surface area contributed by atoms with E-state index in [1.807, 2.05) is 54.6 Å². The number of hydrogen-bond donors (Lipinski definition) is 0. The third-order valence-corrected chi connectivity index (χ3v) is 7.67. The highest BCUT2D eigenvalue weighted by Gasteiger charge is 2.35. The number of carbonyl (C=O) groups excluding carboxylic acids is 1. The van der Waals surface area contributed by atoms with E-state index in [0.717, 1.165) is 11.1 Å². The van der Waals surface area contributed by atoms with Crippen LogP contribution in [0, 0.1) is 0 Å². The molecular weight excluding hydrogens is 540 g/mol. The SMILES string of the molecule is CCOC(=O)C1=C(C)N=c2s/c(=C\c3ccccc3OCc3ccccc3)c(=O)n2[C@@H]1c1cc(OC)ccc1OC. The van der Waals surface area contributed by atoms with Crippen LogP contribution >= 0.6 is 11.3 Å². The number of fused-ring (bicyclic) bond motifs is 1. The molecule has 0 bridgehead atoms. The van der Waals surface area contributed by atoms with Crippen molar-refractivity contribution in [1.82, 2.24) is 4.57 Å². The van der Waals surface area contributed by atoms with Crippen molar-refractivity contribution in [2.75, 3.05) is 20.8 Å². The number of methoxy groups -OCH3 is 2. The highest BCUT2D eigenvalue weighted by Crippen LogP contribution is 2.37. The molecule has 0 spiro atoms. The minimum absolute atomic E-state index is 0.182. The van der Waals surface area contributed by atoms with E-state index in [1.54, 1.807) is 52.3 Å². The maximum absolute atomic E-state index is 14.1. The Morgan fingerprint density at radius 2 is 1.76 bits per heavy atom. The predicted molar refractivity (Wildman–Crippen MR) is 157 cm³/mol. The van der Waals surface area contributed by atoms with E-state index in [9.17, 15) is 9.59 Å². The molecule has 0 amide bonds. The Kier molecular flexibility index (Phi) is 8.35. The van der Waals surface area contributed by atoms with Gasteiger partial charge in [-0.15, -0.1) is 0 Å². The van der Waals surface area contributed by atoms with E-state index in [4.69, 9.17) is 18.9 Å². The minimum atomic E-state index is -0.831. The molecule has 0 N–H and O–H groups in total. The second-order valence-corrected chi connectivity index (χ2v) is 10.2. The number of nitrogens with zero attached hydrogens (tertiary/aromatic N) is 2. The molecule has 1 aliphatic rings. The summed E-state index contributed by atoms with van der Waals surface area (Å²) in [6, 6.07) is 21.9. The molecule has 9 heteroatoms. The van der Waals surface area contributed by atoms with E-state index >= 15 is 0 Å². The minimum Gasteiger partial charge on any atom is -0.497 e. The summed E-state index contributed by atoms with van der Waals surface area (Å²) in [5.74, 6) is 1.17. The van der Waals surface area contributed by atoms with E-state index in [2.05, 4.69) is 4.99 Å². The molecule has 0 aliphatic carbocycles. The van der Waals surface area contributed by atoms with Gasteiger partial charge in [-0.1, -0.05) is 59.9 Å². The molecule has 210 valence electrons. The maximum atomic E-state index is 14.1. The number of allylic oxidation sites excluding steroid dienone is 1. The van der Waals surface area contributed by atoms with Gasteiger partial charge in [-0.3, -0.25) is 9.36 Å². The van der Waals surface area contributed by atoms with Gasteiger partial charge in [-0.25, -0.2) is 9.79 Å². The predicted octanol–water partition coefficient (Wildman–Crippen LogP) is 4.39. The zero-order valence-corrected chi connectivity index (χ0v) is 24.1. The fourth-order valence-corrected chi connectivity index (χ4v) is 5.78. The third-order valence-electron chi connectivity index (χ3n) is 6.69.